The molecule has 4 rings (SSSR count). The highest BCUT2D eigenvalue weighted by atomic mass is 19.1. The maximum absolute atomic E-state index is 13.0. The molecule has 6 heteroatoms. The number of piperidine rings is 1. The second kappa shape index (κ2) is 10.6. The summed E-state index contributed by atoms with van der Waals surface area (Å²) in [4.78, 5) is 16.9. The molecule has 1 atom stereocenters. The molecule has 164 valence electrons. The van der Waals surface area contributed by atoms with E-state index in [2.05, 4.69) is 29.2 Å². The van der Waals surface area contributed by atoms with Crippen LogP contribution >= 0.6 is 0 Å². The van der Waals surface area contributed by atoms with Gasteiger partial charge in [0.1, 0.15) is 30.9 Å². The van der Waals surface area contributed by atoms with Crippen LogP contribution in [0.1, 0.15) is 18.4 Å². The van der Waals surface area contributed by atoms with E-state index in [-0.39, 0.29) is 30.5 Å². The van der Waals surface area contributed by atoms with Crippen LogP contribution < -0.4 is 4.74 Å². The summed E-state index contributed by atoms with van der Waals surface area (Å²) in [6, 6.07) is 16.5. The van der Waals surface area contributed by atoms with Crippen molar-refractivity contribution in [1.29, 1.82) is 0 Å². The predicted octanol–water partition coefficient (Wildman–Crippen LogP) is 3.61. The van der Waals surface area contributed by atoms with Crippen LogP contribution in [0, 0.1) is 5.82 Å². The van der Waals surface area contributed by atoms with Crippen molar-refractivity contribution >= 4 is 12.0 Å². The molecule has 0 saturated carbocycles. The van der Waals surface area contributed by atoms with Crippen LogP contribution in [0.5, 0.6) is 5.75 Å². The van der Waals surface area contributed by atoms with Gasteiger partial charge in [-0.2, -0.15) is 0 Å². The number of nitrogens with zero attached hydrogens (tertiary/aromatic N) is 2. The third kappa shape index (κ3) is 6.15. The van der Waals surface area contributed by atoms with Gasteiger partial charge in [0.2, 0.25) is 5.91 Å². The standard InChI is InChI=1S/C25H29FN2O3/c26-21-8-10-23(11-9-21)30-18-24-17-28(25(29)19-31-24)22-12-15-27(16-13-22)14-4-7-20-5-2-1-3-6-20/h1-11,22,24H,12-19H2. The first kappa shape index (κ1) is 21.5. The molecule has 0 N–H and O–H groups in total. The zero-order valence-corrected chi connectivity index (χ0v) is 17.7. The quantitative estimate of drug-likeness (QED) is 0.681. The van der Waals surface area contributed by atoms with Crippen molar-refractivity contribution in [3.05, 3.63) is 72.1 Å². The zero-order chi connectivity index (χ0) is 21.5. The minimum absolute atomic E-state index is 0.0560. The third-order valence-electron chi connectivity index (χ3n) is 5.88. The van der Waals surface area contributed by atoms with Crippen molar-refractivity contribution in [3.8, 4) is 5.75 Å². The number of rotatable bonds is 7. The summed E-state index contributed by atoms with van der Waals surface area (Å²) in [5, 5.41) is 0. The van der Waals surface area contributed by atoms with Crippen LogP contribution in [0.15, 0.2) is 60.7 Å². The number of ether oxygens (including phenoxy) is 2. The lowest BCUT2D eigenvalue weighted by Crippen LogP contribution is -2.55. The summed E-state index contributed by atoms with van der Waals surface area (Å²) in [5.74, 6) is 0.366. The van der Waals surface area contributed by atoms with Crippen molar-refractivity contribution in [3.63, 3.8) is 0 Å². The molecule has 2 saturated heterocycles. The highest BCUT2D eigenvalue weighted by molar-refractivity contribution is 5.78. The molecule has 0 aromatic heterocycles. The Kier molecular flexibility index (Phi) is 7.33. The van der Waals surface area contributed by atoms with E-state index < -0.39 is 0 Å². The molecule has 2 heterocycles. The van der Waals surface area contributed by atoms with Gasteiger partial charge in [0, 0.05) is 25.7 Å². The van der Waals surface area contributed by atoms with Crippen molar-refractivity contribution < 1.29 is 18.7 Å². The maximum atomic E-state index is 13.0. The molecule has 1 amide bonds. The first-order chi connectivity index (χ1) is 15.2. The van der Waals surface area contributed by atoms with E-state index in [1.807, 2.05) is 23.1 Å². The Morgan fingerprint density at radius 3 is 2.55 bits per heavy atom. The number of carbonyl (C=O) groups excluding carboxylic acids is 1. The van der Waals surface area contributed by atoms with Gasteiger partial charge in [-0.25, -0.2) is 4.39 Å². The average molecular weight is 425 g/mol. The van der Waals surface area contributed by atoms with E-state index in [9.17, 15) is 9.18 Å². The van der Waals surface area contributed by atoms with Gasteiger partial charge in [-0.05, 0) is 42.7 Å². The Labute approximate surface area is 183 Å². The van der Waals surface area contributed by atoms with Crippen LogP contribution in [-0.4, -0.2) is 67.2 Å². The molecule has 2 fully saturated rings. The molecule has 2 aromatic carbocycles. The number of hydrogen-bond acceptors (Lipinski definition) is 4. The van der Waals surface area contributed by atoms with Gasteiger partial charge < -0.3 is 14.4 Å². The van der Waals surface area contributed by atoms with Crippen LogP contribution in [0.25, 0.3) is 6.08 Å². The molecule has 0 radical (unpaired) electrons. The molecule has 0 aliphatic carbocycles. The van der Waals surface area contributed by atoms with Crippen molar-refractivity contribution in [1.82, 2.24) is 9.80 Å². The van der Waals surface area contributed by atoms with E-state index in [1.165, 1.54) is 17.7 Å². The van der Waals surface area contributed by atoms with Crippen LogP contribution in [0.4, 0.5) is 4.39 Å². The smallest absolute Gasteiger partial charge is 0.248 e. The minimum Gasteiger partial charge on any atom is -0.491 e. The second-order valence-corrected chi connectivity index (χ2v) is 8.09. The van der Waals surface area contributed by atoms with Crippen LogP contribution in [0.2, 0.25) is 0 Å². The second-order valence-electron chi connectivity index (χ2n) is 8.09. The zero-order valence-electron chi connectivity index (χ0n) is 17.7. The predicted molar refractivity (Wildman–Crippen MR) is 118 cm³/mol. The first-order valence-corrected chi connectivity index (χ1v) is 10.9. The molecule has 5 nitrogen and oxygen atoms in total. The lowest BCUT2D eigenvalue weighted by Gasteiger charge is -2.42. The number of carbonyl (C=O) groups is 1. The molecule has 2 aliphatic heterocycles. The molecule has 0 spiro atoms. The number of likely N-dealkylation sites (tertiary alicyclic amines) is 1. The summed E-state index contributed by atoms with van der Waals surface area (Å²) < 4.78 is 24.4. The molecular formula is C25H29FN2O3. The van der Waals surface area contributed by atoms with Gasteiger partial charge >= 0.3 is 0 Å². The van der Waals surface area contributed by atoms with Gasteiger partial charge in [-0.15, -0.1) is 0 Å². The lowest BCUT2D eigenvalue weighted by molar-refractivity contribution is -0.155. The fraction of sp³-hybridized carbons (Fsp3) is 0.400. The molecule has 1 unspecified atom stereocenters. The normalized spacial score (nSPS) is 21.0. The molecular weight excluding hydrogens is 395 g/mol. The molecule has 0 bridgehead atoms. The Balaban J connectivity index is 1.22. The topological polar surface area (TPSA) is 42.0 Å². The fourth-order valence-electron chi connectivity index (χ4n) is 4.14. The summed E-state index contributed by atoms with van der Waals surface area (Å²) in [5.41, 5.74) is 1.21. The van der Waals surface area contributed by atoms with E-state index in [4.69, 9.17) is 9.47 Å². The summed E-state index contributed by atoms with van der Waals surface area (Å²) in [6.07, 6.45) is 6.13. The minimum atomic E-state index is -0.292. The number of benzene rings is 2. The van der Waals surface area contributed by atoms with Gasteiger partial charge in [0.25, 0.3) is 0 Å². The van der Waals surface area contributed by atoms with E-state index in [1.54, 1.807) is 12.1 Å². The number of morpholine rings is 1. The number of amides is 1. The van der Waals surface area contributed by atoms with Crippen molar-refractivity contribution in [2.24, 2.45) is 0 Å². The average Bonchev–Trinajstić information content (AvgIpc) is 2.81. The van der Waals surface area contributed by atoms with Crippen LogP contribution in [0.3, 0.4) is 0 Å². The largest absolute Gasteiger partial charge is 0.491 e. The lowest BCUT2D eigenvalue weighted by atomic mass is 10.0. The molecule has 2 aliphatic rings. The fourth-order valence-corrected chi connectivity index (χ4v) is 4.14. The Morgan fingerprint density at radius 2 is 1.81 bits per heavy atom. The summed E-state index contributed by atoms with van der Waals surface area (Å²) in [6.45, 7) is 3.86. The maximum Gasteiger partial charge on any atom is 0.248 e. The van der Waals surface area contributed by atoms with Crippen molar-refractivity contribution in [2.75, 3.05) is 39.4 Å². The highest BCUT2D eigenvalue weighted by Crippen LogP contribution is 2.21. The van der Waals surface area contributed by atoms with Crippen LogP contribution in [-0.2, 0) is 9.53 Å². The Morgan fingerprint density at radius 1 is 1.06 bits per heavy atom. The SMILES string of the molecule is O=C1COC(COc2ccc(F)cc2)CN1C1CCN(CC=Cc2ccccc2)CC1. The van der Waals surface area contributed by atoms with E-state index >= 15 is 0 Å². The van der Waals surface area contributed by atoms with E-state index in [0.717, 1.165) is 32.5 Å². The summed E-state index contributed by atoms with van der Waals surface area (Å²) >= 11 is 0. The molecule has 2 aromatic rings. The number of halogens is 1. The van der Waals surface area contributed by atoms with Gasteiger partial charge in [0.15, 0.2) is 0 Å². The van der Waals surface area contributed by atoms with Crippen molar-refractivity contribution in [2.45, 2.75) is 25.0 Å². The summed E-state index contributed by atoms with van der Waals surface area (Å²) in [7, 11) is 0. The highest BCUT2D eigenvalue weighted by Gasteiger charge is 2.33. The Bertz CT molecular complexity index is 864. The van der Waals surface area contributed by atoms with Gasteiger partial charge in [-0.3, -0.25) is 9.69 Å². The Hall–Kier alpha value is -2.70. The third-order valence-corrected chi connectivity index (χ3v) is 5.88. The van der Waals surface area contributed by atoms with Gasteiger partial charge in [0.05, 0.1) is 6.54 Å². The van der Waals surface area contributed by atoms with Gasteiger partial charge in [-0.1, -0.05) is 42.5 Å². The van der Waals surface area contributed by atoms with E-state index in [0.29, 0.717) is 18.9 Å². The molecule has 31 heavy (non-hydrogen) atoms. The first-order valence-electron chi connectivity index (χ1n) is 10.9. The monoisotopic (exact) mass is 424 g/mol. The number of hydrogen-bond donors (Lipinski definition) is 0.